The van der Waals surface area contributed by atoms with Crippen molar-refractivity contribution >= 4 is 23.4 Å². The lowest BCUT2D eigenvalue weighted by atomic mass is 10.2. The molecule has 0 unspecified atom stereocenters. The molecule has 0 aliphatic rings. The summed E-state index contributed by atoms with van der Waals surface area (Å²) in [5, 5.41) is 6.12. The zero-order valence-corrected chi connectivity index (χ0v) is 11.5. The maximum absolute atomic E-state index is 11.3. The zero-order valence-electron chi connectivity index (χ0n) is 10.8. The van der Waals surface area contributed by atoms with Crippen LogP contribution in [0.15, 0.2) is 18.3 Å². The average molecular weight is 272 g/mol. The Labute approximate surface area is 112 Å². The van der Waals surface area contributed by atoms with Crippen LogP contribution in [-0.4, -0.2) is 29.8 Å². The number of hydrogen-bond acceptors (Lipinski definition) is 4. The van der Waals surface area contributed by atoms with Crippen LogP contribution in [-0.2, 0) is 4.74 Å². The first-order valence-electron chi connectivity index (χ1n) is 5.70. The summed E-state index contributed by atoms with van der Waals surface area (Å²) in [5.74, 6) is 0. The van der Waals surface area contributed by atoms with Crippen LogP contribution in [0.2, 0.25) is 5.15 Å². The number of aromatic nitrogens is 1. The molecule has 0 aliphatic carbocycles. The summed E-state index contributed by atoms with van der Waals surface area (Å²) >= 11 is 5.87. The predicted octanol–water partition coefficient (Wildman–Crippen LogP) is 2.67. The molecule has 18 heavy (non-hydrogen) atoms. The Kier molecular flexibility index (Phi) is 5.22. The van der Waals surface area contributed by atoms with Crippen LogP contribution < -0.4 is 10.6 Å². The van der Waals surface area contributed by atoms with Gasteiger partial charge in [-0.1, -0.05) is 11.6 Å². The molecule has 0 saturated carbocycles. The minimum atomic E-state index is -0.482. The Balaban J connectivity index is 2.23. The highest BCUT2D eigenvalue weighted by Crippen LogP contribution is 2.16. The van der Waals surface area contributed by atoms with Crippen molar-refractivity contribution in [3.63, 3.8) is 0 Å². The molecule has 0 aromatic carbocycles. The Morgan fingerprint density at radius 1 is 1.44 bits per heavy atom. The summed E-state index contributed by atoms with van der Waals surface area (Å²) in [6, 6.07) is 3.61. The fourth-order valence-electron chi connectivity index (χ4n) is 1.19. The van der Waals surface area contributed by atoms with Crippen molar-refractivity contribution in [2.45, 2.75) is 26.4 Å². The van der Waals surface area contributed by atoms with E-state index in [-0.39, 0.29) is 0 Å². The first kappa shape index (κ1) is 14.6. The highest BCUT2D eigenvalue weighted by atomic mass is 35.5. The second kappa shape index (κ2) is 6.44. The maximum Gasteiger partial charge on any atom is 0.407 e. The molecule has 1 aromatic heterocycles. The van der Waals surface area contributed by atoms with E-state index in [0.717, 1.165) is 5.69 Å². The Bertz CT molecular complexity index is 405. The lowest BCUT2D eigenvalue weighted by Gasteiger charge is -2.19. The molecule has 1 aromatic rings. The van der Waals surface area contributed by atoms with Gasteiger partial charge in [0.1, 0.15) is 5.60 Å². The van der Waals surface area contributed by atoms with Gasteiger partial charge in [0.15, 0.2) is 5.15 Å². The standard InChI is InChI=1S/C12H18ClN3O2/c1-12(2,3)18-11(17)16-8-7-14-9-5-4-6-15-10(9)13/h4-6,14H,7-8H2,1-3H3,(H,16,17). The number of nitrogens with zero attached hydrogens (tertiary/aromatic N) is 1. The molecule has 1 amide bonds. The van der Waals surface area contributed by atoms with Crippen LogP contribution in [0.5, 0.6) is 0 Å². The van der Waals surface area contributed by atoms with E-state index in [2.05, 4.69) is 15.6 Å². The number of carbonyl (C=O) groups is 1. The van der Waals surface area contributed by atoms with Gasteiger partial charge in [-0.15, -0.1) is 0 Å². The maximum atomic E-state index is 11.3. The lowest BCUT2D eigenvalue weighted by Crippen LogP contribution is -2.35. The summed E-state index contributed by atoms with van der Waals surface area (Å²) in [4.78, 5) is 15.3. The molecule has 1 rings (SSSR count). The van der Waals surface area contributed by atoms with Gasteiger partial charge in [-0.2, -0.15) is 0 Å². The van der Waals surface area contributed by atoms with Gasteiger partial charge in [-0.05, 0) is 32.9 Å². The van der Waals surface area contributed by atoms with Crippen LogP contribution in [0.1, 0.15) is 20.8 Å². The van der Waals surface area contributed by atoms with Gasteiger partial charge in [0.05, 0.1) is 5.69 Å². The third-order valence-electron chi connectivity index (χ3n) is 1.87. The van der Waals surface area contributed by atoms with Crippen molar-refractivity contribution in [1.82, 2.24) is 10.3 Å². The SMILES string of the molecule is CC(C)(C)OC(=O)NCCNc1cccnc1Cl. The summed E-state index contributed by atoms with van der Waals surface area (Å²) < 4.78 is 5.10. The number of pyridine rings is 1. The van der Waals surface area contributed by atoms with E-state index in [1.165, 1.54) is 0 Å². The fraction of sp³-hybridized carbons (Fsp3) is 0.500. The van der Waals surface area contributed by atoms with Gasteiger partial charge >= 0.3 is 6.09 Å². The van der Waals surface area contributed by atoms with Crippen LogP contribution in [0.4, 0.5) is 10.5 Å². The Hall–Kier alpha value is -1.49. The molecule has 0 bridgehead atoms. The number of amides is 1. The summed E-state index contributed by atoms with van der Waals surface area (Å²) in [6.45, 7) is 6.45. The van der Waals surface area contributed by atoms with Gasteiger partial charge in [-0.3, -0.25) is 0 Å². The first-order chi connectivity index (χ1) is 8.38. The van der Waals surface area contributed by atoms with Crippen LogP contribution in [0, 0.1) is 0 Å². The van der Waals surface area contributed by atoms with Crippen molar-refractivity contribution in [3.05, 3.63) is 23.5 Å². The molecule has 0 aliphatic heterocycles. The van der Waals surface area contributed by atoms with E-state index < -0.39 is 11.7 Å². The zero-order chi connectivity index (χ0) is 13.6. The van der Waals surface area contributed by atoms with Crippen LogP contribution >= 0.6 is 11.6 Å². The molecule has 0 atom stereocenters. The molecule has 0 fully saturated rings. The largest absolute Gasteiger partial charge is 0.444 e. The van der Waals surface area contributed by atoms with Crippen molar-refractivity contribution in [2.75, 3.05) is 18.4 Å². The second-order valence-corrected chi connectivity index (χ2v) is 5.06. The number of carbonyl (C=O) groups excluding carboxylic acids is 1. The minimum Gasteiger partial charge on any atom is -0.444 e. The molecule has 0 radical (unpaired) electrons. The van der Waals surface area contributed by atoms with E-state index in [4.69, 9.17) is 16.3 Å². The summed E-state index contributed by atoms with van der Waals surface area (Å²) in [5.41, 5.74) is 0.259. The predicted molar refractivity (Wildman–Crippen MR) is 72.0 cm³/mol. The number of alkyl carbamates (subject to hydrolysis) is 1. The lowest BCUT2D eigenvalue weighted by molar-refractivity contribution is 0.0530. The quantitative estimate of drug-likeness (QED) is 0.653. The number of ether oxygens (including phenoxy) is 1. The molecule has 0 spiro atoms. The average Bonchev–Trinajstić information content (AvgIpc) is 2.24. The third-order valence-corrected chi connectivity index (χ3v) is 2.17. The molecule has 1 heterocycles. The first-order valence-corrected chi connectivity index (χ1v) is 6.07. The molecular formula is C12H18ClN3O2. The van der Waals surface area contributed by atoms with Crippen molar-refractivity contribution < 1.29 is 9.53 Å². The number of hydrogen-bond donors (Lipinski definition) is 2. The van der Waals surface area contributed by atoms with Crippen molar-refractivity contribution in [3.8, 4) is 0 Å². The molecule has 5 nitrogen and oxygen atoms in total. The van der Waals surface area contributed by atoms with E-state index >= 15 is 0 Å². The monoisotopic (exact) mass is 271 g/mol. The number of rotatable bonds is 4. The molecule has 0 saturated heterocycles. The van der Waals surface area contributed by atoms with E-state index in [9.17, 15) is 4.79 Å². The van der Waals surface area contributed by atoms with Crippen molar-refractivity contribution in [1.29, 1.82) is 0 Å². The second-order valence-electron chi connectivity index (χ2n) is 4.70. The summed E-state index contributed by atoms with van der Waals surface area (Å²) in [7, 11) is 0. The third kappa shape index (κ3) is 5.72. The number of nitrogens with one attached hydrogen (secondary N) is 2. The highest BCUT2D eigenvalue weighted by Gasteiger charge is 2.15. The van der Waals surface area contributed by atoms with Crippen molar-refractivity contribution in [2.24, 2.45) is 0 Å². The molecular weight excluding hydrogens is 254 g/mol. The minimum absolute atomic E-state index is 0.412. The summed E-state index contributed by atoms with van der Waals surface area (Å²) in [6.07, 6.45) is 1.19. The van der Waals surface area contributed by atoms with E-state index in [1.54, 1.807) is 12.3 Å². The molecule has 6 heteroatoms. The molecule has 2 N–H and O–H groups in total. The Morgan fingerprint density at radius 3 is 2.78 bits per heavy atom. The van der Waals surface area contributed by atoms with Gasteiger partial charge in [-0.25, -0.2) is 9.78 Å². The normalized spacial score (nSPS) is 10.9. The number of anilines is 1. The topological polar surface area (TPSA) is 63.2 Å². The fourth-order valence-corrected chi connectivity index (χ4v) is 1.38. The van der Waals surface area contributed by atoms with E-state index in [1.807, 2.05) is 26.8 Å². The Morgan fingerprint density at radius 2 is 2.17 bits per heavy atom. The van der Waals surface area contributed by atoms with Gasteiger partial charge in [0.25, 0.3) is 0 Å². The number of halogens is 1. The van der Waals surface area contributed by atoms with Crippen LogP contribution in [0.25, 0.3) is 0 Å². The van der Waals surface area contributed by atoms with Crippen LogP contribution in [0.3, 0.4) is 0 Å². The van der Waals surface area contributed by atoms with Gasteiger partial charge in [0.2, 0.25) is 0 Å². The van der Waals surface area contributed by atoms with E-state index in [0.29, 0.717) is 18.2 Å². The molecule has 100 valence electrons. The smallest absolute Gasteiger partial charge is 0.407 e. The van der Waals surface area contributed by atoms with Gasteiger partial charge in [0, 0.05) is 19.3 Å². The highest BCUT2D eigenvalue weighted by molar-refractivity contribution is 6.31. The van der Waals surface area contributed by atoms with Gasteiger partial charge < -0.3 is 15.4 Å².